The molecule has 4 nitrogen and oxygen atoms in total. The lowest BCUT2D eigenvalue weighted by atomic mass is 9.89. The van der Waals surface area contributed by atoms with Gasteiger partial charge in [-0.05, 0) is 38.5 Å². The van der Waals surface area contributed by atoms with E-state index in [1.807, 2.05) is 0 Å². The molecule has 1 saturated carbocycles. The van der Waals surface area contributed by atoms with Crippen LogP contribution in [0.4, 0.5) is 0 Å². The van der Waals surface area contributed by atoms with Crippen LogP contribution >= 0.6 is 0 Å². The summed E-state index contributed by atoms with van der Waals surface area (Å²) >= 11 is 0. The first-order valence-corrected chi connectivity index (χ1v) is 8.22. The second kappa shape index (κ2) is 4.56. The molecule has 0 aromatic heterocycles. The van der Waals surface area contributed by atoms with E-state index in [4.69, 9.17) is 9.47 Å². The third-order valence-electron chi connectivity index (χ3n) is 5.52. The molecule has 2 bridgehead atoms. The van der Waals surface area contributed by atoms with E-state index in [9.17, 15) is 4.79 Å². The highest BCUT2D eigenvalue weighted by Gasteiger charge is 2.50. The fourth-order valence-electron chi connectivity index (χ4n) is 4.76. The molecule has 0 N–H and O–H groups in total. The predicted molar refractivity (Wildman–Crippen MR) is 78.8 cm³/mol. The molecular formula is C17H25NO3. The number of nitrogens with zero attached hydrogens (tertiary/aromatic N) is 1. The summed E-state index contributed by atoms with van der Waals surface area (Å²) < 4.78 is 11.9. The minimum Gasteiger partial charge on any atom is -0.378 e. The zero-order chi connectivity index (χ0) is 14.7. The number of ether oxygens (including phenoxy) is 2. The monoisotopic (exact) mass is 291 g/mol. The highest BCUT2D eigenvalue weighted by Crippen LogP contribution is 2.45. The highest BCUT2D eigenvalue weighted by molar-refractivity contribution is 5.80. The van der Waals surface area contributed by atoms with Gasteiger partial charge in [0.15, 0.2) is 0 Å². The van der Waals surface area contributed by atoms with Crippen LogP contribution in [0.2, 0.25) is 0 Å². The van der Waals surface area contributed by atoms with Crippen molar-refractivity contribution in [2.75, 3.05) is 26.3 Å². The molecule has 1 spiro atoms. The Hall–Kier alpha value is -0.870. The Labute approximate surface area is 126 Å². The van der Waals surface area contributed by atoms with Gasteiger partial charge in [0.25, 0.3) is 0 Å². The summed E-state index contributed by atoms with van der Waals surface area (Å²) in [7, 11) is 0. The van der Waals surface area contributed by atoms with Crippen LogP contribution < -0.4 is 0 Å². The number of fused-ring (bicyclic) bond motifs is 2. The van der Waals surface area contributed by atoms with Crippen molar-refractivity contribution in [1.29, 1.82) is 0 Å². The van der Waals surface area contributed by atoms with Crippen molar-refractivity contribution in [2.45, 2.75) is 44.3 Å². The van der Waals surface area contributed by atoms with Gasteiger partial charge < -0.3 is 14.4 Å². The topological polar surface area (TPSA) is 38.8 Å². The number of hydrogen-bond acceptors (Lipinski definition) is 3. The molecule has 2 aliphatic carbocycles. The quantitative estimate of drug-likeness (QED) is 0.694. The summed E-state index contributed by atoms with van der Waals surface area (Å²) in [5.41, 5.74) is -0.556. The molecule has 0 unspecified atom stereocenters. The SMILES string of the molecule is CC1(C)CN(C(=O)[C@@H]2C[C@H]3C=C[C@H]2C3)C[C@@]2(CCOC2)O1. The van der Waals surface area contributed by atoms with Crippen molar-refractivity contribution in [3.05, 3.63) is 12.2 Å². The smallest absolute Gasteiger partial charge is 0.226 e. The van der Waals surface area contributed by atoms with Crippen LogP contribution in [-0.2, 0) is 14.3 Å². The summed E-state index contributed by atoms with van der Waals surface area (Å²) in [6.07, 6.45) is 7.68. The van der Waals surface area contributed by atoms with Gasteiger partial charge in [-0.15, -0.1) is 0 Å². The largest absolute Gasteiger partial charge is 0.378 e. The van der Waals surface area contributed by atoms with Crippen LogP contribution in [0.3, 0.4) is 0 Å². The average Bonchev–Trinajstić information content (AvgIpc) is 3.12. The second-order valence-corrected chi connectivity index (χ2v) is 7.93. The Kier molecular flexibility index (Phi) is 2.99. The van der Waals surface area contributed by atoms with Crippen LogP contribution in [0.5, 0.6) is 0 Å². The van der Waals surface area contributed by atoms with Crippen molar-refractivity contribution in [1.82, 2.24) is 4.90 Å². The third kappa shape index (κ3) is 2.33. The van der Waals surface area contributed by atoms with Crippen molar-refractivity contribution < 1.29 is 14.3 Å². The van der Waals surface area contributed by atoms with Crippen molar-refractivity contribution in [2.24, 2.45) is 17.8 Å². The molecule has 4 heteroatoms. The molecule has 21 heavy (non-hydrogen) atoms. The first-order chi connectivity index (χ1) is 9.96. The van der Waals surface area contributed by atoms with Crippen molar-refractivity contribution in [3.63, 3.8) is 0 Å². The van der Waals surface area contributed by atoms with E-state index in [1.54, 1.807) is 0 Å². The number of carbonyl (C=O) groups excluding carboxylic acids is 1. The average molecular weight is 291 g/mol. The summed E-state index contributed by atoms with van der Waals surface area (Å²) in [6, 6.07) is 0. The molecular weight excluding hydrogens is 266 g/mol. The fraction of sp³-hybridized carbons (Fsp3) is 0.824. The zero-order valence-corrected chi connectivity index (χ0v) is 13.0. The van der Waals surface area contributed by atoms with Crippen LogP contribution in [0, 0.1) is 17.8 Å². The number of allylic oxidation sites excluding steroid dienone is 2. The third-order valence-corrected chi connectivity index (χ3v) is 5.52. The van der Waals surface area contributed by atoms with Gasteiger partial charge in [0.1, 0.15) is 5.60 Å². The van der Waals surface area contributed by atoms with Crippen LogP contribution in [-0.4, -0.2) is 48.3 Å². The minimum absolute atomic E-state index is 0.202. The molecule has 116 valence electrons. The number of rotatable bonds is 1. The van der Waals surface area contributed by atoms with Gasteiger partial charge in [-0.3, -0.25) is 4.79 Å². The molecule has 2 aliphatic heterocycles. The van der Waals surface area contributed by atoms with Gasteiger partial charge in [0, 0.05) is 25.5 Å². The molecule has 3 fully saturated rings. The molecule has 0 aromatic carbocycles. The van der Waals surface area contributed by atoms with E-state index in [0.717, 1.165) is 19.4 Å². The molecule has 1 amide bonds. The van der Waals surface area contributed by atoms with Gasteiger partial charge in [0.2, 0.25) is 5.91 Å². The van der Waals surface area contributed by atoms with E-state index in [1.165, 1.54) is 6.42 Å². The second-order valence-electron chi connectivity index (χ2n) is 7.93. The van der Waals surface area contributed by atoms with Crippen LogP contribution in [0.15, 0.2) is 12.2 Å². The first kappa shape index (κ1) is 13.8. The van der Waals surface area contributed by atoms with Crippen LogP contribution in [0.25, 0.3) is 0 Å². The lowest BCUT2D eigenvalue weighted by molar-refractivity contribution is -0.201. The summed E-state index contributed by atoms with van der Waals surface area (Å²) in [6.45, 7) is 6.95. The summed E-state index contributed by atoms with van der Waals surface area (Å²) in [4.78, 5) is 15.1. The van der Waals surface area contributed by atoms with Crippen molar-refractivity contribution >= 4 is 5.91 Å². The van der Waals surface area contributed by atoms with Gasteiger partial charge in [-0.25, -0.2) is 0 Å². The zero-order valence-electron chi connectivity index (χ0n) is 13.0. The Bertz CT molecular complexity index is 478. The summed E-state index contributed by atoms with van der Waals surface area (Å²) in [5.74, 6) is 1.66. The van der Waals surface area contributed by atoms with E-state index in [0.29, 0.717) is 37.4 Å². The predicted octanol–water partition coefficient (Wildman–Crippen LogP) is 2.00. The molecule has 4 rings (SSSR count). The maximum absolute atomic E-state index is 13.0. The summed E-state index contributed by atoms with van der Waals surface area (Å²) in [5, 5.41) is 0. The normalized spacial score (nSPS) is 43.9. The molecule has 4 atom stereocenters. The molecule has 2 saturated heterocycles. The van der Waals surface area contributed by atoms with Crippen LogP contribution in [0.1, 0.15) is 33.1 Å². The fourth-order valence-corrected chi connectivity index (χ4v) is 4.76. The maximum Gasteiger partial charge on any atom is 0.226 e. The first-order valence-electron chi connectivity index (χ1n) is 8.22. The standard InChI is InChI=1S/C17H25NO3/c1-16(2)9-18(10-17(21-16)5-6-20-11-17)15(19)14-8-12-3-4-13(14)7-12/h3-4,12-14H,5-11H2,1-2H3/t12-,13-,14+,17+/m0/s1. The van der Waals surface area contributed by atoms with Gasteiger partial charge in [0.05, 0.1) is 18.8 Å². The minimum atomic E-state index is -0.283. The van der Waals surface area contributed by atoms with Gasteiger partial charge >= 0.3 is 0 Å². The van der Waals surface area contributed by atoms with E-state index in [-0.39, 0.29) is 17.1 Å². The Morgan fingerprint density at radius 3 is 2.71 bits per heavy atom. The Morgan fingerprint density at radius 2 is 2.10 bits per heavy atom. The molecule has 0 aromatic rings. The molecule has 0 radical (unpaired) electrons. The Morgan fingerprint density at radius 1 is 1.24 bits per heavy atom. The van der Waals surface area contributed by atoms with E-state index >= 15 is 0 Å². The number of hydrogen-bond donors (Lipinski definition) is 0. The lowest BCUT2D eigenvalue weighted by Gasteiger charge is -2.48. The number of amides is 1. The maximum atomic E-state index is 13.0. The number of carbonyl (C=O) groups is 1. The highest BCUT2D eigenvalue weighted by atomic mass is 16.6. The van der Waals surface area contributed by atoms with Gasteiger partial charge in [-0.2, -0.15) is 0 Å². The van der Waals surface area contributed by atoms with Crippen molar-refractivity contribution in [3.8, 4) is 0 Å². The molecule has 4 aliphatic rings. The van der Waals surface area contributed by atoms with E-state index in [2.05, 4.69) is 30.9 Å². The Balaban J connectivity index is 1.53. The lowest BCUT2D eigenvalue weighted by Crippen LogP contribution is -2.62. The number of morpholine rings is 1. The van der Waals surface area contributed by atoms with E-state index < -0.39 is 0 Å². The molecule has 2 heterocycles. The van der Waals surface area contributed by atoms with Gasteiger partial charge in [-0.1, -0.05) is 12.2 Å².